The highest BCUT2D eigenvalue weighted by Crippen LogP contribution is 2.54. The Kier molecular flexibility index (Phi) is 5.01. The maximum absolute atomic E-state index is 12.6. The Morgan fingerprint density at radius 1 is 1.31 bits per heavy atom. The molecule has 0 saturated carbocycles. The molecule has 140 valence electrons. The molecule has 7 heteroatoms. The van der Waals surface area contributed by atoms with E-state index in [0.717, 1.165) is 5.56 Å². The van der Waals surface area contributed by atoms with Crippen LogP contribution in [0.2, 0.25) is 0 Å². The Hall–Kier alpha value is -2.02. The summed E-state index contributed by atoms with van der Waals surface area (Å²) in [4.78, 5) is 38.1. The van der Waals surface area contributed by atoms with Gasteiger partial charge in [0.05, 0.1) is 0 Å². The molecule has 0 aromatic heterocycles. The van der Waals surface area contributed by atoms with Gasteiger partial charge in [0.15, 0.2) is 6.61 Å². The summed E-state index contributed by atoms with van der Waals surface area (Å²) in [5, 5.41) is 2.75. The van der Waals surface area contributed by atoms with E-state index >= 15 is 0 Å². The average molecular weight is 376 g/mol. The van der Waals surface area contributed by atoms with Crippen LogP contribution in [-0.4, -0.2) is 46.6 Å². The Morgan fingerprint density at radius 2 is 2.00 bits per heavy atom. The SMILES string of the molecule is CC(C)(C)NC(=O)COC(=O)[C@@H]1CS[C@]2(c3ccccc3)CCC(=O)N12. The largest absolute Gasteiger partial charge is 0.454 e. The van der Waals surface area contributed by atoms with E-state index < -0.39 is 16.9 Å². The van der Waals surface area contributed by atoms with Crippen molar-refractivity contribution in [1.29, 1.82) is 0 Å². The lowest BCUT2D eigenvalue weighted by molar-refractivity contribution is -0.156. The molecule has 2 atom stereocenters. The average Bonchev–Trinajstić information content (AvgIpc) is 3.12. The van der Waals surface area contributed by atoms with Gasteiger partial charge in [0.2, 0.25) is 5.91 Å². The summed E-state index contributed by atoms with van der Waals surface area (Å²) in [7, 11) is 0. The summed E-state index contributed by atoms with van der Waals surface area (Å²) < 4.78 is 5.21. The van der Waals surface area contributed by atoms with Crippen LogP contribution in [0.15, 0.2) is 30.3 Å². The summed E-state index contributed by atoms with van der Waals surface area (Å²) in [5.74, 6) is -0.437. The van der Waals surface area contributed by atoms with Gasteiger partial charge >= 0.3 is 5.97 Å². The standard InChI is InChI=1S/C19H24N2O4S/c1-18(2,3)20-15(22)11-25-17(24)14-12-26-19(10-9-16(23)21(14)19)13-7-5-4-6-8-13/h4-8,14H,9-12H2,1-3H3,(H,20,22)/t14-,19-/m0/s1. The topological polar surface area (TPSA) is 75.7 Å². The molecule has 1 aromatic carbocycles. The highest BCUT2D eigenvalue weighted by atomic mass is 32.2. The molecule has 1 N–H and O–H groups in total. The first-order chi connectivity index (χ1) is 12.2. The maximum atomic E-state index is 12.6. The second kappa shape index (κ2) is 6.95. The molecular weight excluding hydrogens is 352 g/mol. The summed E-state index contributed by atoms with van der Waals surface area (Å²) in [6, 6.07) is 9.13. The first kappa shape index (κ1) is 18.8. The van der Waals surface area contributed by atoms with Gasteiger partial charge in [-0.15, -0.1) is 11.8 Å². The number of fused-ring (bicyclic) bond motifs is 1. The van der Waals surface area contributed by atoms with Crippen LogP contribution in [0.4, 0.5) is 0 Å². The number of benzene rings is 1. The zero-order valence-corrected chi connectivity index (χ0v) is 16.1. The van der Waals surface area contributed by atoms with Crippen LogP contribution in [0.5, 0.6) is 0 Å². The number of nitrogens with zero attached hydrogens (tertiary/aromatic N) is 1. The van der Waals surface area contributed by atoms with Gasteiger partial charge in [0, 0.05) is 17.7 Å². The number of thioether (sulfide) groups is 1. The van der Waals surface area contributed by atoms with E-state index in [-0.39, 0.29) is 24.0 Å². The molecule has 2 aliphatic rings. The fraction of sp³-hybridized carbons (Fsp3) is 0.526. The lowest BCUT2D eigenvalue weighted by Gasteiger charge is -2.33. The van der Waals surface area contributed by atoms with Crippen molar-refractivity contribution in [1.82, 2.24) is 10.2 Å². The second-order valence-electron chi connectivity index (χ2n) is 7.65. The van der Waals surface area contributed by atoms with Crippen molar-refractivity contribution < 1.29 is 19.1 Å². The normalized spacial score (nSPS) is 25.1. The number of carbonyl (C=O) groups excluding carboxylic acids is 3. The van der Waals surface area contributed by atoms with Gasteiger partial charge in [-0.1, -0.05) is 30.3 Å². The van der Waals surface area contributed by atoms with E-state index in [0.29, 0.717) is 18.6 Å². The van der Waals surface area contributed by atoms with Crippen molar-refractivity contribution in [2.24, 2.45) is 0 Å². The van der Waals surface area contributed by atoms with Crippen LogP contribution in [0.1, 0.15) is 39.2 Å². The number of esters is 1. The van der Waals surface area contributed by atoms with Crippen molar-refractivity contribution in [2.75, 3.05) is 12.4 Å². The van der Waals surface area contributed by atoms with Gasteiger partial charge < -0.3 is 15.0 Å². The molecular formula is C19H24N2O4S. The highest BCUT2D eigenvalue weighted by Gasteiger charge is 2.57. The monoisotopic (exact) mass is 376 g/mol. The van der Waals surface area contributed by atoms with Gasteiger partial charge in [0.25, 0.3) is 5.91 Å². The first-order valence-corrected chi connectivity index (χ1v) is 9.71. The van der Waals surface area contributed by atoms with E-state index in [2.05, 4.69) is 5.32 Å². The van der Waals surface area contributed by atoms with Gasteiger partial charge in [-0.3, -0.25) is 9.59 Å². The number of hydrogen-bond donors (Lipinski definition) is 1. The van der Waals surface area contributed by atoms with Gasteiger partial charge in [0.1, 0.15) is 10.9 Å². The quantitative estimate of drug-likeness (QED) is 0.814. The van der Waals surface area contributed by atoms with Crippen molar-refractivity contribution in [2.45, 2.75) is 50.1 Å². The fourth-order valence-corrected chi connectivity index (χ4v) is 5.14. The van der Waals surface area contributed by atoms with E-state index in [1.54, 1.807) is 16.7 Å². The molecule has 1 aromatic rings. The summed E-state index contributed by atoms with van der Waals surface area (Å²) in [6.07, 6.45) is 1.09. The lowest BCUT2D eigenvalue weighted by Crippen LogP contribution is -2.48. The minimum Gasteiger partial charge on any atom is -0.454 e. The molecule has 6 nitrogen and oxygen atoms in total. The predicted molar refractivity (Wildman–Crippen MR) is 99.3 cm³/mol. The molecule has 0 aliphatic carbocycles. The fourth-order valence-electron chi connectivity index (χ4n) is 3.50. The van der Waals surface area contributed by atoms with Crippen LogP contribution in [0.25, 0.3) is 0 Å². The number of nitrogens with one attached hydrogen (secondary N) is 1. The molecule has 0 radical (unpaired) electrons. The third kappa shape index (κ3) is 3.58. The van der Waals surface area contributed by atoms with Gasteiger partial charge in [-0.25, -0.2) is 4.79 Å². The third-order valence-corrected chi connectivity index (χ3v) is 6.08. The van der Waals surface area contributed by atoms with Crippen LogP contribution in [-0.2, 0) is 24.0 Å². The molecule has 2 saturated heterocycles. The zero-order chi connectivity index (χ0) is 18.9. The minimum atomic E-state index is -0.655. The first-order valence-electron chi connectivity index (χ1n) is 8.72. The third-order valence-electron chi connectivity index (χ3n) is 4.48. The minimum absolute atomic E-state index is 0.0417. The van der Waals surface area contributed by atoms with Crippen LogP contribution >= 0.6 is 11.8 Å². The summed E-state index contributed by atoms with van der Waals surface area (Å²) in [5.41, 5.74) is 0.636. The van der Waals surface area contributed by atoms with Crippen molar-refractivity contribution in [3.05, 3.63) is 35.9 Å². The lowest BCUT2D eigenvalue weighted by atomic mass is 10.0. The van der Waals surface area contributed by atoms with Crippen LogP contribution in [0, 0.1) is 0 Å². The smallest absolute Gasteiger partial charge is 0.330 e. The molecule has 2 heterocycles. The summed E-state index contributed by atoms with van der Waals surface area (Å²) in [6.45, 7) is 5.24. The van der Waals surface area contributed by atoms with Gasteiger partial charge in [-0.2, -0.15) is 0 Å². The van der Waals surface area contributed by atoms with Crippen LogP contribution in [0.3, 0.4) is 0 Å². The molecule has 2 fully saturated rings. The number of carbonyl (C=O) groups is 3. The van der Waals surface area contributed by atoms with E-state index in [1.807, 2.05) is 51.1 Å². The molecule has 0 bridgehead atoms. The van der Waals surface area contributed by atoms with Crippen molar-refractivity contribution in [3.63, 3.8) is 0 Å². The van der Waals surface area contributed by atoms with Crippen LogP contribution < -0.4 is 5.32 Å². The van der Waals surface area contributed by atoms with E-state index in [9.17, 15) is 14.4 Å². The molecule has 26 heavy (non-hydrogen) atoms. The van der Waals surface area contributed by atoms with E-state index in [4.69, 9.17) is 4.74 Å². The zero-order valence-electron chi connectivity index (χ0n) is 15.3. The highest BCUT2D eigenvalue weighted by molar-refractivity contribution is 8.00. The maximum Gasteiger partial charge on any atom is 0.330 e. The Labute approximate surface area is 157 Å². The number of rotatable bonds is 4. The van der Waals surface area contributed by atoms with Crippen molar-refractivity contribution >= 4 is 29.5 Å². The Morgan fingerprint density at radius 3 is 2.65 bits per heavy atom. The molecule has 3 rings (SSSR count). The van der Waals surface area contributed by atoms with Gasteiger partial charge in [-0.05, 0) is 32.8 Å². The van der Waals surface area contributed by atoms with Crippen molar-refractivity contribution in [3.8, 4) is 0 Å². The second-order valence-corrected chi connectivity index (χ2v) is 8.94. The molecule has 0 spiro atoms. The predicted octanol–water partition coefficient (Wildman–Crippen LogP) is 2.04. The molecule has 2 aliphatic heterocycles. The Balaban J connectivity index is 1.71. The Bertz CT molecular complexity index is 716. The molecule has 0 unspecified atom stereocenters. The summed E-state index contributed by atoms with van der Waals surface area (Å²) >= 11 is 1.60. The van der Waals surface area contributed by atoms with E-state index in [1.165, 1.54) is 0 Å². The molecule has 2 amide bonds. The number of ether oxygens (including phenoxy) is 1. The number of hydrogen-bond acceptors (Lipinski definition) is 5. The number of amides is 2.